The van der Waals surface area contributed by atoms with E-state index >= 15 is 0 Å². The normalized spacial score (nSPS) is 11.2. The molecule has 0 aliphatic carbocycles. The third-order valence-electron chi connectivity index (χ3n) is 8.92. The molecule has 7 heteroatoms. The Morgan fingerprint density at radius 1 is 0.708 bits per heavy atom. The Hall–Kier alpha value is -5.19. The van der Waals surface area contributed by atoms with E-state index in [4.69, 9.17) is 9.97 Å². The zero-order valence-electron chi connectivity index (χ0n) is 27.0. The van der Waals surface area contributed by atoms with Gasteiger partial charge in [-0.3, -0.25) is 4.98 Å². The summed E-state index contributed by atoms with van der Waals surface area (Å²) in [5, 5.41) is 2.29. The van der Waals surface area contributed by atoms with E-state index in [-0.39, 0.29) is 21.1 Å². The van der Waals surface area contributed by atoms with Crippen LogP contribution in [0.1, 0.15) is 25.0 Å². The van der Waals surface area contributed by atoms with E-state index in [0.29, 0.717) is 0 Å². The number of hydrogen-bond donors (Lipinski definition) is 0. The quantitative estimate of drug-likeness (QED) is 0.144. The van der Waals surface area contributed by atoms with Crippen molar-refractivity contribution in [2.75, 3.05) is 4.90 Å². The van der Waals surface area contributed by atoms with Gasteiger partial charge in [0.1, 0.15) is 0 Å². The molecule has 48 heavy (non-hydrogen) atoms. The van der Waals surface area contributed by atoms with Crippen molar-refractivity contribution in [3.8, 4) is 22.9 Å². The van der Waals surface area contributed by atoms with Gasteiger partial charge in [-0.1, -0.05) is 79.6 Å². The number of hydrogen-bond acceptors (Lipinski definition) is 3. The maximum Gasteiger partial charge on any atom is 2.00 e. The summed E-state index contributed by atoms with van der Waals surface area (Å²) in [5.74, 6) is 0.843. The number of fused-ring (bicyclic) bond motifs is 3. The van der Waals surface area contributed by atoms with Gasteiger partial charge in [0.2, 0.25) is 5.95 Å². The van der Waals surface area contributed by atoms with Crippen molar-refractivity contribution in [1.82, 2.24) is 23.7 Å². The van der Waals surface area contributed by atoms with Gasteiger partial charge < -0.3 is 18.6 Å². The minimum Gasteiger partial charge on any atom is -0.352 e. The molecule has 8 aromatic rings. The van der Waals surface area contributed by atoms with Gasteiger partial charge in [-0.25, -0.2) is 4.98 Å². The fraction of sp³-hybridized carbons (Fsp3) is 0.122. The van der Waals surface area contributed by atoms with Crippen LogP contribution in [0.15, 0.2) is 128 Å². The summed E-state index contributed by atoms with van der Waals surface area (Å²) < 4.78 is 6.41. The number of benzene rings is 5. The molecule has 6 nitrogen and oxygen atoms in total. The molecule has 3 heterocycles. The van der Waals surface area contributed by atoms with Crippen molar-refractivity contribution in [3.63, 3.8) is 0 Å². The molecule has 0 aliphatic rings. The third-order valence-corrected chi connectivity index (χ3v) is 8.92. The number of para-hydroxylation sites is 3. The predicted molar refractivity (Wildman–Crippen MR) is 191 cm³/mol. The number of anilines is 3. The Bertz CT molecular complexity index is 2340. The predicted octanol–water partition coefficient (Wildman–Crippen LogP) is 9.56. The van der Waals surface area contributed by atoms with Crippen LogP contribution in [0.3, 0.4) is 0 Å². The minimum atomic E-state index is 0. The molecule has 0 spiro atoms. The fourth-order valence-corrected chi connectivity index (χ4v) is 6.65. The smallest absolute Gasteiger partial charge is 0.352 e. The van der Waals surface area contributed by atoms with Crippen molar-refractivity contribution in [2.24, 2.45) is 7.05 Å². The van der Waals surface area contributed by atoms with Crippen LogP contribution in [0.25, 0.3) is 44.7 Å². The van der Waals surface area contributed by atoms with Crippen LogP contribution in [-0.4, -0.2) is 23.7 Å². The maximum atomic E-state index is 4.87. The van der Waals surface area contributed by atoms with Gasteiger partial charge in [0.05, 0.1) is 12.0 Å². The molecule has 0 atom stereocenters. The monoisotopic (exact) mass is 805 g/mol. The van der Waals surface area contributed by atoms with E-state index in [1.165, 1.54) is 22.2 Å². The van der Waals surface area contributed by atoms with E-state index in [1.807, 2.05) is 36.4 Å². The van der Waals surface area contributed by atoms with Crippen molar-refractivity contribution in [2.45, 2.75) is 26.7 Å². The zero-order valence-corrected chi connectivity index (χ0v) is 29.3. The molecule has 0 aliphatic heterocycles. The van der Waals surface area contributed by atoms with E-state index in [2.05, 4.69) is 143 Å². The van der Waals surface area contributed by atoms with Crippen LogP contribution in [0, 0.1) is 12.1 Å². The van der Waals surface area contributed by atoms with Gasteiger partial charge in [-0.2, -0.15) is 6.07 Å². The van der Waals surface area contributed by atoms with Crippen LogP contribution in [0.2, 0.25) is 0 Å². The number of nitrogens with zero attached hydrogens (tertiary/aromatic N) is 6. The average Bonchev–Trinajstić information content (AvgIpc) is 3.86. The van der Waals surface area contributed by atoms with E-state index in [0.717, 1.165) is 63.5 Å². The fourth-order valence-electron chi connectivity index (χ4n) is 6.65. The van der Waals surface area contributed by atoms with Crippen LogP contribution in [0.4, 0.5) is 17.1 Å². The number of imidazole rings is 2. The van der Waals surface area contributed by atoms with Gasteiger partial charge in [-0.05, 0) is 59.4 Å². The zero-order chi connectivity index (χ0) is 31.9. The molecule has 0 saturated carbocycles. The second-order valence-electron chi connectivity index (χ2n) is 11.7. The first-order valence-corrected chi connectivity index (χ1v) is 16.1. The Labute approximate surface area is 295 Å². The van der Waals surface area contributed by atoms with Crippen LogP contribution in [0.5, 0.6) is 0 Å². The second kappa shape index (κ2) is 13.1. The standard InChI is InChI=1S/C41H34N6.Pt/c1-4-29-13-11-14-30(5-2)40(29)45-27-37(43-28-45)31-15-12-18-33(25-31)46(32-16-7-6-8-17-32)34-21-22-36-35-19-9-10-20-38(35)47(39(36)26-34)41-42-23-24-44(41)3;/h6-24,27-28H,4-5H2,1-3H3;/q-2;+2. The van der Waals surface area contributed by atoms with Gasteiger partial charge in [0.25, 0.3) is 0 Å². The van der Waals surface area contributed by atoms with Gasteiger partial charge in [0.15, 0.2) is 0 Å². The summed E-state index contributed by atoms with van der Waals surface area (Å²) in [6.45, 7) is 4.41. The van der Waals surface area contributed by atoms with Crippen molar-refractivity contribution in [1.29, 1.82) is 0 Å². The Kier molecular flexibility index (Phi) is 8.59. The number of aryl methyl sites for hydroxylation is 3. The molecule has 0 fully saturated rings. The van der Waals surface area contributed by atoms with Crippen molar-refractivity contribution >= 4 is 38.9 Å². The number of aromatic nitrogens is 5. The summed E-state index contributed by atoms with van der Waals surface area (Å²) in [6.07, 6.45) is 9.79. The Balaban J connectivity index is 0.00000364. The first-order chi connectivity index (χ1) is 23.1. The Morgan fingerprint density at radius 3 is 2.19 bits per heavy atom. The third kappa shape index (κ3) is 5.36. The van der Waals surface area contributed by atoms with Gasteiger partial charge >= 0.3 is 21.1 Å². The van der Waals surface area contributed by atoms with E-state index in [1.54, 1.807) is 0 Å². The second-order valence-corrected chi connectivity index (χ2v) is 11.7. The first kappa shape index (κ1) is 31.4. The summed E-state index contributed by atoms with van der Waals surface area (Å²) in [4.78, 5) is 11.8. The maximum absolute atomic E-state index is 4.87. The molecule has 0 radical (unpaired) electrons. The van der Waals surface area contributed by atoms with E-state index in [9.17, 15) is 0 Å². The summed E-state index contributed by atoms with van der Waals surface area (Å²) in [6, 6.07) is 43.6. The summed E-state index contributed by atoms with van der Waals surface area (Å²) >= 11 is 0. The summed E-state index contributed by atoms with van der Waals surface area (Å²) in [7, 11) is 2.02. The van der Waals surface area contributed by atoms with Crippen molar-refractivity contribution < 1.29 is 21.1 Å². The Morgan fingerprint density at radius 2 is 1.44 bits per heavy atom. The molecule has 0 unspecified atom stereocenters. The van der Waals surface area contributed by atoms with E-state index < -0.39 is 0 Å². The van der Waals surface area contributed by atoms with Crippen molar-refractivity contribution in [3.05, 3.63) is 151 Å². The molecule has 0 bridgehead atoms. The molecule has 238 valence electrons. The van der Waals surface area contributed by atoms with Gasteiger partial charge in [-0.15, -0.1) is 47.3 Å². The average molecular weight is 806 g/mol. The molecule has 8 rings (SSSR count). The summed E-state index contributed by atoms with van der Waals surface area (Å²) in [5.41, 5.74) is 10.6. The van der Waals surface area contributed by atoms with Crippen LogP contribution < -0.4 is 4.90 Å². The largest absolute Gasteiger partial charge is 2.00 e. The van der Waals surface area contributed by atoms with Crippen LogP contribution >= 0.6 is 0 Å². The van der Waals surface area contributed by atoms with Gasteiger partial charge in [0, 0.05) is 36.3 Å². The SMILES string of the molecule is CCc1cccc(CC)c1-n1cnc(-c2[c-]c(N(c3[c-]c4c(cc3)c3ccccc3n4-c3nccn3C)c3ccccc3)ccc2)c1.[Pt+2]. The molecule has 0 saturated heterocycles. The molecular weight excluding hydrogens is 772 g/mol. The molecule has 3 aromatic heterocycles. The minimum absolute atomic E-state index is 0. The molecule has 0 N–H and O–H groups in total. The number of rotatable bonds is 8. The topological polar surface area (TPSA) is 43.8 Å². The first-order valence-electron chi connectivity index (χ1n) is 16.1. The molecule has 5 aromatic carbocycles. The molecule has 0 amide bonds. The molecular formula is C41H34N6Pt. The van der Waals surface area contributed by atoms with Crippen LogP contribution in [-0.2, 0) is 41.0 Å².